The van der Waals surface area contributed by atoms with Crippen LogP contribution in [-0.4, -0.2) is 20.3 Å². The second-order valence-electron chi connectivity index (χ2n) is 4.60. The molecule has 0 aliphatic rings. The minimum Gasteiger partial charge on any atom is -0.422 e. The van der Waals surface area contributed by atoms with Crippen LogP contribution in [0.25, 0.3) is 0 Å². The van der Waals surface area contributed by atoms with E-state index in [9.17, 15) is 18.0 Å². The van der Waals surface area contributed by atoms with E-state index in [2.05, 4.69) is 10.0 Å². The first kappa shape index (κ1) is 18.5. The number of rotatable bonds is 6. The van der Waals surface area contributed by atoms with Gasteiger partial charge in [0.2, 0.25) is 10.9 Å². The van der Waals surface area contributed by atoms with Crippen molar-refractivity contribution in [3.63, 3.8) is 0 Å². The Morgan fingerprint density at radius 2 is 1.72 bits per heavy atom. The van der Waals surface area contributed by atoms with Gasteiger partial charge in [-0.15, -0.1) is 0 Å². The van der Waals surface area contributed by atoms with Gasteiger partial charge in [-0.25, -0.2) is 13.2 Å². The molecular weight excluding hydrogens is 368 g/mol. The van der Waals surface area contributed by atoms with E-state index in [4.69, 9.17) is 16.3 Å². The summed E-state index contributed by atoms with van der Waals surface area (Å²) in [5.41, 5.74) is 0.627. The molecule has 2 aromatic carbocycles. The average molecular weight is 381 g/mol. The van der Waals surface area contributed by atoms with E-state index in [1.165, 1.54) is 30.3 Å². The van der Waals surface area contributed by atoms with Gasteiger partial charge in [-0.3, -0.25) is 9.52 Å². The van der Waals surface area contributed by atoms with Crippen molar-refractivity contribution in [2.75, 3.05) is 4.72 Å². The Hall–Kier alpha value is -2.84. The highest BCUT2D eigenvalue weighted by Gasteiger charge is 2.06. The van der Waals surface area contributed by atoms with Gasteiger partial charge < -0.3 is 10.1 Å². The number of halogens is 1. The fraction of sp³-hybridized carbons (Fsp3) is 0. The maximum absolute atomic E-state index is 11.9. The lowest BCUT2D eigenvalue weighted by Crippen LogP contribution is -2.18. The Bertz CT molecular complexity index is 870. The van der Waals surface area contributed by atoms with Crippen molar-refractivity contribution in [2.24, 2.45) is 0 Å². The van der Waals surface area contributed by atoms with E-state index in [1.54, 1.807) is 18.2 Å². The van der Waals surface area contributed by atoms with Crippen LogP contribution in [0.1, 0.15) is 10.4 Å². The standard InChI is InChI=1S/C16H13ClN2O5S/c17-13-3-1-2-4-14(13)24-15(20)9-10-18-16(21)11-5-7-12(8-6-11)19-25(22)23/h1-10,25H,(H,18,21)(H,19,22,23)/b10-9-. The van der Waals surface area contributed by atoms with Crippen LogP contribution in [0.5, 0.6) is 5.75 Å². The maximum Gasteiger partial charge on any atom is 0.337 e. The molecule has 0 radical (unpaired) electrons. The van der Waals surface area contributed by atoms with E-state index in [0.29, 0.717) is 10.7 Å². The van der Waals surface area contributed by atoms with Crippen molar-refractivity contribution in [3.05, 3.63) is 71.4 Å². The van der Waals surface area contributed by atoms with Crippen LogP contribution in [0.4, 0.5) is 5.69 Å². The van der Waals surface area contributed by atoms with Crippen molar-refractivity contribution < 1.29 is 22.7 Å². The van der Waals surface area contributed by atoms with Gasteiger partial charge in [-0.1, -0.05) is 23.7 Å². The molecule has 0 aliphatic heterocycles. The molecule has 2 rings (SSSR count). The summed E-state index contributed by atoms with van der Waals surface area (Å²) in [5, 5.41) is 2.69. The van der Waals surface area contributed by atoms with Gasteiger partial charge in [0.1, 0.15) is 5.75 Å². The van der Waals surface area contributed by atoms with Crippen LogP contribution >= 0.6 is 11.6 Å². The third kappa shape index (κ3) is 5.94. The summed E-state index contributed by atoms with van der Waals surface area (Å²) >= 11 is 5.86. The average Bonchev–Trinajstić information content (AvgIpc) is 2.57. The van der Waals surface area contributed by atoms with E-state index in [-0.39, 0.29) is 11.3 Å². The number of carbonyl (C=O) groups excluding carboxylic acids is 2. The Balaban J connectivity index is 1.89. The van der Waals surface area contributed by atoms with Crippen LogP contribution in [0.3, 0.4) is 0 Å². The lowest BCUT2D eigenvalue weighted by molar-refractivity contribution is -0.129. The summed E-state index contributed by atoms with van der Waals surface area (Å²) in [7, 11) is -2.76. The van der Waals surface area contributed by atoms with Crippen LogP contribution in [-0.2, 0) is 15.7 Å². The first-order chi connectivity index (χ1) is 12.0. The van der Waals surface area contributed by atoms with Crippen molar-refractivity contribution in [1.82, 2.24) is 5.32 Å². The second kappa shape index (κ2) is 8.86. The molecule has 9 heteroatoms. The zero-order chi connectivity index (χ0) is 18.2. The molecule has 1 amide bonds. The van der Waals surface area contributed by atoms with Gasteiger partial charge in [0.15, 0.2) is 0 Å². The van der Waals surface area contributed by atoms with Gasteiger partial charge in [0.05, 0.1) is 5.02 Å². The lowest BCUT2D eigenvalue weighted by atomic mass is 10.2. The molecule has 0 atom stereocenters. The minimum atomic E-state index is -2.76. The van der Waals surface area contributed by atoms with E-state index in [1.807, 2.05) is 0 Å². The van der Waals surface area contributed by atoms with Crippen LogP contribution in [0.15, 0.2) is 60.8 Å². The largest absolute Gasteiger partial charge is 0.422 e. The van der Waals surface area contributed by atoms with E-state index < -0.39 is 22.8 Å². The quantitative estimate of drug-likeness (QED) is 0.308. The third-order valence-electron chi connectivity index (χ3n) is 2.85. The van der Waals surface area contributed by atoms with Gasteiger partial charge in [0.25, 0.3) is 5.91 Å². The summed E-state index contributed by atoms with van der Waals surface area (Å²) in [5.74, 6) is -0.961. The Kier molecular flexibility index (Phi) is 6.55. The molecule has 0 saturated carbocycles. The fourth-order valence-corrected chi connectivity index (χ4v) is 2.27. The Labute approximate surface area is 150 Å². The fourth-order valence-electron chi connectivity index (χ4n) is 1.74. The number of amides is 1. The van der Waals surface area contributed by atoms with Crippen molar-refractivity contribution >= 4 is 40.1 Å². The molecule has 0 heterocycles. The summed E-state index contributed by atoms with van der Waals surface area (Å²) in [6, 6.07) is 12.2. The van der Waals surface area contributed by atoms with E-state index >= 15 is 0 Å². The van der Waals surface area contributed by atoms with Crippen molar-refractivity contribution in [1.29, 1.82) is 0 Å². The number of nitrogens with one attached hydrogen (secondary N) is 2. The summed E-state index contributed by atoms with van der Waals surface area (Å²) in [4.78, 5) is 23.5. The molecule has 0 aliphatic carbocycles. The number of anilines is 1. The van der Waals surface area contributed by atoms with Crippen LogP contribution < -0.4 is 14.8 Å². The minimum absolute atomic E-state index is 0.213. The molecule has 0 spiro atoms. The predicted octanol–water partition coefficient (Wildman–Crippen LogP) is 2.13. The topological polar surface area (TPSA) is 102 Å². The Morgan fingerprint density at radius 1 is 1.04 bits per heavy atom. The first-order valence-electron chi connectivity index (χ1n) is 6.90. The number of ether oxygens (including phenoxy) is 1. The summed E-state index contributed by atoms with van der Waals surface area (Å²) < 4.78 is 28.3. The number of carbonyl (C=O) groups is 2. The predicted molar refractivity (Wildman–Crippen MR) is 94.1 cm³/mol. The van der Waals surface area contributed by atoms with Crippen molar-refractivity contribution in [2.45, 2.75) is 0 Å². The molecule has 0 bridgehead atoms. The maximum atomic E-state index is 11.9. The molecule has 0 aromatic heterocycles. The highest BCUT2D eigenvalue weighted by Crippen LogP contribution is 2.23. The van der Waals surface area contributed by atoms with Gasteiger partial charge in [-0.2, -0.15) is 0 Å². The number of para-hydroxylation sites is 1. The SMILES string of the molecule is O=C(/C=C\NC(=O)c1ccc(N[SH](=O)=O)cc1)Oc1ccccc1Cl. The summed E-state index contributed by atoms with van der Waals surface area (Å²) in [6.45, 7) is 0. The lowest BCUT2D eigenvalue weighted by Gasteiger charge is -2.04. The van der Waals surface area contributed by atoms with E-state index in [0.717, 1.165) is 12.3 Å². The molecule has 25 heavy (non-hydrogen) atoms. The highest BCUT2D eigenvalue weighted by atomic mass is 35.5. The smallest absolute Gasteiger partial charge is 0.337 e. The number of esters is 1. The highest BCUT2D eigenvalue weighted by molar-refractivity contribution is 7.73. The van der Waals surface area contributed by atoms with Crippen molar-refractivity contribution in [3.8, 4) is 5.75 Å². The zero-order valence-electron chi connectivity index (χ0n) is 12.6. The van der Waals surface area contributed by atoms with Gasteiger partial charge in [-0.05, 0) is 36.4 Å². The monoisotopic (exact) mass is 380 g/mol. The van der Waals surface area contributed by atoms with Gasteiger partial charge in [0, 0.05) is 23.5 Å². The van der Waals surface area contributed by atoms with Crippen LogP contribution in [0.2, 0.25) is 5.02 Å². The number of thiol groups is 1. The molecule has 2 N–H and O–H groups in total. The number of hydrogen-bond donors (Lipinski definition) is 3. The van der Waals surface area contributed by atoms with Crippen LogP contribution in [0, 0.1) is 0 Å². The van der Waals surface area contributed by atoms with Gasteiger partial charge >= 0.3 is 5.97 Å². The summed E-state index contributed by atoms with van der Waals surface area (Å²) in [6.07, 6.45) is 2.18. The molecule has 2 aromatic rings. The molecule has 7 nitrogen and oxygen atoms in total. The molecular formula is C16H13ClN2O5S. The normalized spacial score (nSPS) is 10.6. The first-order valence-corrected chi connectivity index (χ1v) is 8.46. The molecule has 0 unspecified atom stereocenters. The molecule has 130 valence electrons. The third-order valence-corrected chi connectivity index (χ3v) is 3.60. The molecule has 0 fully saturated rings. The number of benzene rings is 2. The molecule has 0 saturated heterocycles. The Morgan fingerprint density at radius 3 is 2.36 bits per heavy atom. The second-order valence-corrected chi connectivity index (χ2v) is 5.75. The zero-order valence-corrected chi connectivity index (χ0v) is 14.3. The number of hydrogen-bond acceptors (Lipinski definition) is 5.